The Morgan fingerprint density at radius 1 is 1.07 bits per heavy atom. The van der Waals surface area contributed by atoms with Crippen molar-refractivity contribution in [1.29, 1.82) is 0 Å². The van der Waals surface area contributed by atoms with Crippen LogP contribution < -0.4 is 9.47 Å². The lowest BCUT2D eigenvalue weighted by Gasteiger charge is -2.12. The molecule has 1 heterocycles. The predicted molar refractivity (Wildman–Crippen MR) is 103 cm³/mol. The minimum absolute atomic E-state index is 0.165. The molecule has 0 radical (unpaired) electrons. The average molecular weight is 378 g/mol. The second-order valence-corrected chi connectivity index (χ2v) is 6.80. The molecule has 1 atom stereocenters. The van der Waals surface area contributed by atoms with Gasteiger partial charge in [0.1, 0.15) is 17.3 Å². The summed E-state index contributed by atoms with van der Waals surface area (Å²) in [6, 6.07) is 19.9. The number of aliphatic carboxylic acids is 1. The van der Waals surface area contributed by atoms with E-state index in [-0.39, 0.29) is 18.3 Å². The molecule has 1 aliphatic heterocycles. The van der Waals surface area contributed by atoms with Gasteiger partial charge in [0, 0.05) is 11.5 Å². The molecular formula is C23H19FO4. The molecule has 0 spiro atoms. The minimum atomic E-state index is -1.01. The molecule has 4 nitrogen and oxygen atoms in total. The zero-order chi connectivity index (χ0) is 19.5. The number of fused-ring (bicyclic) bond motifs is 1. The second kappa shape index (κ2) is 7.72. The summed E-state index contributed by atoms with van der Waals surface area (Å²) in [4.78, 5) is 10.7. The van der Waals surface area contributed by atoms with Gasteiger partial charge in [-0.25, -0.2) is 9.18 Å². The highest BCUT2D eigenvalue weighted by atomic mass is 19.1. The Morgan fingerprint density at radius 3 is 2.71 bits per heavy atom. The first-order valence-electron chi connectivity index (χ1n) is 9.05. The summed E-state index contributed by atoms with van der Waals surface area (Å²) >= 11 is 0. The second-order valence-electron chi connectivity index (χ2n) is 6.80. The van der Waals surface area contributed by atoms with Gasteiger partial charge in [0.05, 0.1) is 6.61 Å². The SMILES string of the molecule is O=C(O)COc1cccc(CC2COc3ccc(-c4cccc(F)c4)cc32)c1. The van der Waals surface area contributed by atoms with Crippen molar-refractivity contribution < 1.29 is 23.8 Å². The van der Waals surface area contributed by atoms with Gasteiger partial charge >= 0.3 is 5.97 Å². The summed E-state index contributed by atoms with van der Waals surface area (Å²) in [5.74, 6) is 0.284. The molecule has 1 aliphatic rings. The number of carboxylic acid groups (broad SMARTS) is 1. The van der Waals surface area contributed by atoms with E-state index in [4.69, 9.17) is 14.6 Å². The number of benzene rings is 3. The van der Waals surface area contributed by atoms with E-state index < -0.39 is 5.97 Å². The molecule has 0 amide bonds. The molecule has 5 heteroatoms. The van der Waals surface area contributed by atoms with E-state index in [9.17, 15) is 9.18 Å². The van der Waals surface area contributed by atoms with Gasteiger partial charge in [-0.2, -0.15) is 0 Å². The van der Waals surface area contributed by atoms with E-state index in [2.05, 4.69) is 6.07 Å². The molecule has 28 heavy (non-hydrogen) atoms. The zero-order valence-electron chi connectivity index (χ0n) is 15.1. The summed E-state index contributed by atoms with van der Waals surface area (Å²) in [7, 11) is 0. The molecule has 4 rings (SSSR count). The van der Waals surface area contributed by atoms with Crippen molar-refractivity contribution >= 4 is 5.97 Å². The van der Waals surface area contributed by atoms with Crippen LogP contribution in [0.2, 0.25) is 0 Å². The normalized spacial score (nSPS) is 15.0. The predicted octanol–water partition coefficient (Wildman–Crippen LogP) is 4.67. The lowest BCUT2D eigenvalue weighted by Crippen LogP contribution is -2.10. The van der Waals surface area contributed by atoms with E-state index >= 15 is 0 Å². The van der Waals surface area contributed by atoms with Crippen molar-refractivity contribution in [2.75, 3.05) is 13.2 Å². The van der Waals surface area contributed by atoms with Crippen molar-refractivity contribution in [2.24, 2.45) is 0 Å². The molecule has 0 fully saturated rings. The van der Waals surface area contributed by atoms with Crippen LogP contribution in [0.1, 0.15) is 17.0 Å². The maximum absolute atomic E-state index is 13.6. The van der Waals surface area contributed by atoms with Gasteiger partial charge in [0.25, 0.3) is 0 Å². The summed E-state index contributed by atoms with van der Waals surface area (Å²) in [6.45, 7) is 0.206. The van der Waals surface area contributed by atoms with Crippen molar-refractivity contribution in [3.8, 4) is 22.6 Å². The van der Waals surface area contributed by atoms with Crippen LogP contribution in [0.5, 0.6) is 11.5 Å². The molecule has 3 aromatic carbocycles. The molecule has 0 saturated heterocycles. The monoisotopic (exact) mass is 378 g/mol. The van der Waals surface area contributed by atoms with Gasteiger partial charge in [-0.05, 0) is 59.5 Å². The molecule has 0 bridgehead atoms. The first-order valence-corrected chi connectivity index (χ1v) is 9.05. The van der Waals surface area contributed by atoms with E-state index in [0.717, 1.165) is 34.4 Å². The van der Waals surface area contributed by atoms with E-state index in [0.29, 0.717) is 12.4 Å². The van der Waals surface area contributed by atoms with Crippen molar-refractivity contribution in [1.82, 2.24) is 0 Å². The van der Waals surface area contributed by atoms with Crippen LogP contribution in [0.15, 0.2) is 66.7 Å². The number of halogens is 1. The first kappa shape index (κ1) is 18.0. The van der Waals surface area contributed by atoms with Crippen LogP contribution in [0.25, 0.3) is 11.1 Å². The number of rotatable bonds is 6. The van der Waals surface area contributed by atoms with Crippen LogP contribution in [-0.2, 0) is 11.2 Å². The summed E-state index contributed by atoms with van der Waals surface area (Å²) < 4.78 is 24.7. The highest BCUT2D eigenvalue weighted by Crippen LogP contribution is 2.39. The summed E-state index contributed by atoms with van der Waals surface area (Å²) in [6.07, 6.45) is 0.740. The van der Waals surface area contributed by atoms with Crippen LogP contribution in [-0.4, -0.2) is 24.3 Å². The molecular weight excluding hydrogens is 359 g/mol. The van der Waals surface area contributed by atoms with Crippen molar-refractivity contribution in [3.05, 3.63) is 83.7 Å². The first-order chi connectivity index (χ1) is 13.6. The quantitative estimate of drug-likeness (QED) is 0.677. The standard InChI is InChI=1S/C23H19FO4/c24-19-5-2-4-16(11-19)17-7-8-22-21(12-17)18(13-28-22)9-15-3-1-6-20(10-15)27-14-23(25)26/h1-8,10-12,18H,9,13-14H2,(H,25,26). The third-order valence-corrected chi connectivity index (χ3v) is 4.79. The highest BCUT2D eigenvalue weighted by molar-refractivity contribution is 5.68. The van der Waals surface area contributed by atoms with E-state index in [1.54, 1.807) is 12.1 Å². The molecule has 3 aromatic rings. The maximum atomic E-state index is 13.6. The van der Waals surface area contributed by atoms with E-state index in [1.165, 1.54) is 12.1 Å². The fraction of sp³-hybridized carbons (Fsp3) is 0.174. The van der Waals surface area contributed by atoms with Gasteiger partial charge < -0.3 is 14.6 Å². The summed E-state index contributed by atoms with van der Waals surface area (Å²) in [5, 5.41) is 8.76. The highest BCUT2D eigenvalue weighted by Gasteiger charge is 2.25. The van der Waals surface area contributed by atoms with Gasteiger partial charge in [-0.1, -0.05) is 30.3 Å². The lowest BCUT2D eigenvalue weighted by molar-refractivity contribution is -0.139. The average Bonchev–Trinajstić information content (AvgIpc) is 3.09. The molecule has 1 N–H and O–H groups in total. The van der Waals surface area contributed by atoms with Crippen molar-refractivity contribution in [3.63, 3.8) is 0 Å². The Kier molecular flexibility index (Phi) is 4.98. The molecule has 142 valence electrons. The van der Waals surface area contributed by atoms with Crippen molar-refractivity contribution in [2.45, 2.75) is 12.3 Å². The van der Waals surface area contributed by atoms with E-state index in [1.807, 2.05) is 36.4 Å². The molecule has 0 aliphatic carbocycles. The summed E-state index contributed by atoms with van der Waals surface area (Å²) in [5.41, 5.74) is 3.92. The molecule has 0 aromatic heterocycles. The Labute approximate surface area is 162 Å². The van der Waals surface area contributed by atoms with Gasteiger partial charge in [-0.15, -0.1) is 0 Å². The fourth-order valence-electron chi connectivity index (χ4n) is 3.49. The van der Waals surface area contributed by atoms with Gasteiger partial charge in [0.15, 0.2) is 6.61 Å². The Bertz CT molecular complexity index is 1010. The number of carboxylic acids is 1. The zero-order valence-corrected chi connectivity index (χ0v) is 15.1. The molecule has 0 saturated carbocycles. The minimum Gasteiger partial charge on any atom is -0.493 e. The van der Waals surface area contributed by atoms with Crippen LogP contribution >= 0.6 is 0 Å². The number of carbonyl (C=O) groups is 1. The van der Waals surface area contributed by atoms with Gasteiger partial charge in [-0.3, -0.25) is 0 Å². The topological polar surface area (TPSA) is 55.8 Å². The number of hydrogen-bond donors (Lipinski definition) is 1. The van der Waals surface area contributed by atoms with Crippen LogP contribution in [0.4, 0.5) is 4.39 Å². The number of hydrogen-bond acceptors (Lipinski definition) is 3. The Balaban J connectivity index is 1.55. The van der Waals surface area contributed by atoms with Crippen LogP contribution in [0.3, 0.4) is 0 Å². The van der Waals surface area contributed by atoms with Gasteiger partial charge in [0.2, 0.25) is 0 Å². The maximum Gasteiger partial charge on any atom is 0.341 e. The lowest BCUT2D eigenvalue weighted by atomic mass is 9.91. The molecule has 1 unspecified atom stereocenters. The third kappa shape index (κ3) is 3.98. The van der Waals surface area contributed by atoms with Crippen LogP contribution in [0, 0.1) is 5.82 Å². The Hall–Kier alpha value is -3.34. The third-order valence-electron chi connectivity index (χ3n) is 4.79. The fourth-order valence-corrected chi connectivity index (χ4v) is 3.49. The largest absolute Gasteiger partial charge is 0.493 e. The Morgan fingerprint density at radius 2 is 1.89 bits per heavy atom. The smallest absolute Gasteiger partial charge is 0.341 e. The number of ether oxygens (including phenoxy) is 2.